The SMILES string of the molecule is CC(C)COc1ccc(C(=O)NC(=S)N2CCNC(=O)C2CC(=O)OCc2ccccc2)cc1Br. The molecule has 1 fully saturated rings. The number of halogens is 1. The summed E-state index contributed by atoms with van der Waals surface area (Å²) in [5.41, 5.74) is 1.22. The van der Waals surface area contributed by atoms with E-state index in [1.54, 1.807) is 23.1 Å². The van der Waals surface area contributed by atoms with Gasteiger partial charge in [0, 0.05) is 18.7 Å². The average Bonchev–Trinajstić information content (AvgIpc) is 2.83. The van der Waals surface area contributed by atoms with Gasteiger partial charge in [0.1, 0.15) is 18.4 Å². The first-order valence-electron chi connectivity index (χ1n) is 11.3. The van der Waals surface area contributed by atoms with Crippen LogP contribution in [0, 0.1) is 5.92 Å². The molecule has 0 aromatic heterocycles. The van der Waals surface area contributed by atoms with E-state index in [0.29, 0.717) is 41.4 Å². The van der Waals surface area contributed by atoms with Crippen molar-refractivity contribution in [1.82, 2.24) is 15.5 Å². The van der Waals surface area contributed by atoms with Gasteiger partial charge >= 0.3 is 5.97 Å². The van der Waals surface area contributed by atoms with Crippen molar-refractivity contribution >= 4 is 51.0 Å². The molecule has 1 saturated heterocycles. The highest BCUT2D eigenvalue weighted by atomic mass is 79.9. The minimum Gasteiger partial charge on any atom is -0.492 e. The number of nitrogens with one attached hydrogen (secondary N) is 2. The van der Waals surface area contributed by atoms with Crippen molar-refractivity contribution in [3.05, 3.63) is 64.1 Å². The summed E-state index contributed by atoms with van der Waals surface area (Å²) in [5, 5.41) is 5.47. The van der Waals surface area contributed by atoms with Crippen molar-refractivity contribution in [1.29, 1.82) is 0 Å². The van der Waals surface area contributed by atoms with E-state index >= 15 is 0 Å². The van der Waals surface area contributed by atoms with E-state index in [-0.39, 0.29) is 24.0 Å². The summed E-state index contributed by atoms with van der Waals surface area (Å²) in [4.78, 5) is 39.3. The topological polar surface area (TPSA) is 97.0 Å². The summed E-state index contributed by atoms with van der Waals surface area (Å²) < 4.78 is 11.7. The third-order valence-corrected chi connectivity index (χ3v) is 6.14. The number of carbonyl (C=O) groups is 3. The number of esters is 1. The number of nitrogens with zero attached hydrogens (tertiary/aromatic N) is 1. The third-order valence-electron chi connectivity index (χ3n) is 5.18. The number of piperazine rings is 1. The van der Waals surface area contributed by atoms with Crippen LogP contribution < -0.4 is 15.4 Å². The Bertz CT molecular complexity index is 1080. The molecule has 0 radical (unpaired) electrons. The van der Waals surface area contributed by atoms with Gasteiger partial charge in [0.05, 0.1) is 17.5 Å². The molecule has 2 amide bonds. The van der Waals surface area contributed by atoms with E-state index in [1.807, 2.05) is 44.2 Å². The van der Waals surface area contributed by atoms with Crippen LogP contribution in [-0.2, 0) is 20.9 Å². The molecule has 0 saturated carbocycles. The van der Waals surface area contributed by atoms with Gasteiger partial charge in [-0.1, -0.05) is 44.2 Å². The van der Waals surface area contributed by atoms with Gasteiger partial charge in [-0.3, -0.25) is 19.7 Å². The van der Waals surface area contributed by atoms with E-state index < -0.39 is 17.9 Å². The fourth-order valence-corrected chi connectivity index (χ4v) is 4.18. The molecule has 0 aliphatic carbocycles. The van der Waals surface area contributed by atoms with Gasteiger partial charge in [-0.05, 0) is 57.8 Å². The average molecular weight is 562 g/mol. The maximum atomic E-state index is 12.8. The van der Waals surface area contributed by atoms with E-state index in [4.69, 9.17) is 21.7 Å². The second-order valence-corrected chi connectivity index (χ2v) is 9.70. The molecule has 10 heteroatoms. The van der Waals surface area contributed by atoms with Crippen LogP contribution in [0.1, 0.15) is 36.2 Å². The van der Waals surface area contributed by atoms with Crippen LogP contribution in [0.3, 0.4) is 0 Å². The van der Waals surface area contributed by atoms with Crippen LogP contribution >= 0.6 is 28.1 Å². The molecule has 186 valence electrons. The van der Waals surface area contributed by atoms with E-state index in [1.165, 1.54) is 0 Å². The van der Waals surface area contributed by atoms with E-state index in [9.17, 15) is 14.4 Å². The number of thiocarbonyl (C=S) groups is 1. The van der Waals surface area contributed by atoms with Crippen LogP contribution in [0.25, 0.3) is 0 Å². The fraction of sp³-hybridized carbons (Fsp3) is 0.360. The van der Waals surface area contributed by atoms with Crippen molar-refractivity contribution in [2.45, 2.75) is 32.9 Å². The molecule has 2 aromatic rings. The molecule has 0 bridgehead atoms. The number of carbonyl (C=O) groups excluding carboxylic acids is 3. The maximum Gasteiger partial charge on any atom is 0.308 e. The molecule has 0 spiro atoms. The molecule has 2 aromatic carbocycles. The zero-order chi connectivity index (χ0) is 25.4. The lowest BCUT2D eigenvalue weighted by molar-refractivity contribution is -0.148. The number of hydrogen-bond donors (Lipinski definition) is 2. The Labute approximate surface area is 218 Å². The maximum absolute atomic E-state index is 12.8. The van der Waals surface area contributed by atoms with Crippen molar-refractivity contribution in [2.24, 2.45) is 5.92 Å². The Kier molecular flexibility index (Phi) is 9.62. The van der Waals surface area contributed by atoms with Gasteiger partial charge in [-0.25, -0.2) is 0 Å². The fourth-order valence-electron chi connectivity index (χ4n) is 3.37. The van der Waals surface area contributed by atoms with Crippen LogP contribution in [-0.4, -0.2) is 53.5 Å². The van der Waals surface area contributed by atoms with Crippen molar-refractivity contribution in [3.63, 3.8) is 0 Å². The van der Waals surface area contributed by atoms with E-state index in [2.05, 4.69) is 26.6 Å². The molecule has 8 nitrogen and oxygen atoms in total. The second-order valence-electron chi connectivity index (χ2n) is 8.46. The first kappa shape index (κ1) is 26.6. The summed E-state index contributed by atoms with van der Waals surface area (Å²) in [6, 6.07) is 13.4. The van der Waals surface area contributed by atoms with Gasteiger partial charge in [0.25, 0.3) is 5.91 Å². The van der Waals surface area contributed by atoms with Crippen LogP contribution in [0.4, 0.5) is 0 Å². The van der Waals surface area contributed by atoms with E-state index in [0.717, 1.165) is 5.56 Å². The van der Waals surface area contributed by atoms with Crippen LogP contribution in [0.15, 0.2) is 53.0 Å². The lowest BCUT2D eigenvalue weighted by atomic mass is 10.1. The Hall–Kier alpha value is -2.98. The number of ether oxygens (including phenoxy) is 2. The largest absolute Gasteiger partial charge is 0.492 e. The molecule has 1 atom stereocenters. The smallest absolute Gasteiger partial charge is 0.308 e. The standard InChI is InChI=1S/C25H28BrN3O5S/c1-16(2)14-33-21-9-8-18(12-19(21)26)23(31)28-25(35)29-11-10-27-24(32)20(29)13-22(30)34-15-17-6-4-3-5-7-17/h3-9,12,16,20H,10-11,13-15H2,1-2H3,(H,27,32)(H,28,31,35). The monoisotopic (exact) mass is 561 g/mol. The van der Waals surface area contributed by atoms with Gasteiger partial charge in [0.2, 0.25) is 5.91 Å². The molecule has 3 rings (SSSR count). The number of rotatable bonds is 8. The Morgan fingerprint density at radius 2 is 1.97 bits per heavy atom. The lowest BCUT2D eigenvalue weighted by Crippen LogP contribution is -2.60. The third kappa shape index (κ3) is 7.76. The number of hydrogen-bond acceptors (Lipinski definition) is 6. The minimum absolute atomic E-state index is 0.0713. The second kappa shape index (κ2) is 12.6. The van der Waals surface area contributed by atoms with Crippen molar-refractivity contribution < 1.29 is 23.9 Å². The van der Waals surface area contributed by atoms with Gasteiger partial charge in [0.15, 0.2) is 5.11 Å². The summed E-state index contributed by atoms with van der Waals surface area (Å²) in [5.74, 6) is -0.301. The summed E-state index contributed by atoms with van der Waals surface area (Å²) in [6.45, 7) is 5.47. The zero-order valence-electron chi connectivity index (χ0n) is 19.6. The number of benzene rings is 2. The highest BCUT2D eigenvalue weighted by Crippen LogP contribution is 2.26. The van der Waals surface area contributed by atoms with Gasteiger partial charge in [-0.15, -0.1) is 0 Å². The minimum atomic E-state index is -0.877. The zero-order valence-corrected chi connectivity index (χ0v) is 22.0. The molecular formula is C25H28BrN3O5S. The van der Waals surface area contributed by atoms with Crippen molar-refractivity contribution in [3.8, 4) is 5.75 Å². The molecular weight excluding hydrogens is 534 g/mol. The molecule has 2 N–H and O–H groups in total. The Balaban J connectivity index is 1.60. The van der Waals surface area contributed by atoms with Crippen LogP contribution in [0.5, 0.6) is 5.75 Å². The normalized spacial score (nSPS) is 15.4. The summed E-state index contributed by atoms with van der Waals surface area (Å²) in [6.07, 6.45) is -0.192. The lowest BCUT2D eigenvalue weighted by Gasteiger charge is -2.36. The molecule has 1 aliphatic rings. The highest BCUT2D eigenvalue weighted by Gasteiger charge is 2.34. The van der Waals surface area contributed by atoms with Gasteiger partial charge in [-0.2, -0.15) is 0 Å². The predicted molar refractivity (Wildman–Crippen MR) is 139 cm³/mol. The molecule has 1 unspecified atom stereocenters. The van der Waals surface area contributed by atoms with Gasteiger partial charge < -0.3 is 19.7 Å². The number of amides is 2. The Morgan fingerprint density at radius 3 is 2.66 bits per heavy atom. The Morgan fingerprint density at radius 1 is 1.23 bits per heavy atom. The molecule has 1 heterocycles. The molecule has 35 heavy (non-hydrogen) atoms. The summed E-state index contributed by atoms with van der Waals surface area (Å²) >= 11 is 8.86. The first-order chi connectivity index (χ1) is 16.7. The quantitative estimate of drug-likeness (QED) is 0.376. The highest BCUT2D eigenvalue weighted by molar-refractivity contribution is 9.10. The molecule has 1 aliphatic heterocycles. The first-order valence-corrected chi connectivity index (χ1v) is 12.5. The summed E-state index contributed by atoms with van der Waals surface area (Å²) in [7, 11) is 0. The van der Waals surface area contributed by atoms with Crippen molar-refractivity contribution in [2.75, 3.05) is 19.7 Å². The predicted octanol–water partition coefficient (Wildman–Crippen LogP) is 3.43. The van der Waals surface area contributed by atoms with Crippen LogP contribution in [0.2, 0.25) is 0 Å².